The second kappa shape index (κ2) is 4.71. The molecule has 5 nitrogen and oxygen atoms in total. The number of methoxy groups -OCH3 is 1. The van der Waals surface area contributed by atoms with Gasteiger partial charge in [-0.15, -0.1) is 0 Å². The van der Waals surface area contributed by atoms with Crippen molar-refractivity contribution in [2.24, 2.45) is 11.7 Å². The van der Waals surface area contributed by atoms with E-state index in [2.05, 4.69) is 4.74 Å². The fraction of sp³-hybridized carbons (Fsp3) is 0.714. The normalized spacial score (nSPS) is 14.9. The van der Waals surface area contributed by atoms with Crippen LogP contribution >= 0.6 is 0 Å². The molecule has 2 unspecified atom stereocenters. The molecule has 0 aliphatic rings. The van der Waals surface area contributed by atoms with Gasteiger partial charge in [-0.25, -0.2) is 0 Å². The molecule has 3 N–H and O–H groups in total. The Bertz CT molecular complexity index is 180. The third kappa shape index (κ3) is 3.34. The van der Waals surface area contributed by atoms with Crippen LogP contribution in [0.15, 0.2) is 0 Å². The lowest BCUT2D eigenvalue weighted by Crippen LogP contribution is -2.37. The maximum atomic E-state index is 10.7. The molecule has 0 aromatic rings. The molecule has 70 valence electrons. The smallest absolute Gasteiger partial charge is 0.320 e. The van der Waals surface area contributed by atoms with Gasteiger partial charge in [0.1, 0.15) is 6.04 Å². The second-order valence-corrected chi connectivity index (χ2v) is 2.62. The first-order valence-corrected chi connectivity index (χ1v) is 3.54. The SMILES string of the molecule is COC(=O)CC(C)C(N)C(=O)O. The van der Waals surface area contributed by atoms with Gasteiger partial charge in [0, 0.05) is 0 Å². The molecule has 2 atom stereocenters. The summed E-state index contributed by atoms with van der Waals surface area (Å²) in [5.74, 6) is -1.96. The van der Waals surface area contributed by atoms with Crippen molar-refractivity contribution in [3.63, 3.8) is 0 Å². The van der Waals surface area contributed by atoms with Crippen molar-refractivity contribution in [1.82, 2.24) is 0 Å². The lowest BCUT2D eigenvalue weighted by atomic mass is 9.99. The zero-order valence-electron chi connectivity index (χ0n) is 7.11. The summed E-state index contributed by atoms with van der Waals surface area (Å²) in [6.07, 6.45) is 0.0317. The van der Waals surface area contributed by atoms with Gasteiger partial charge in [-0.1, -0.05) is 6.92 Å². The summed E-state index contributed by atoms with van der Waals surface area (Å²) in [7, 11) is 1.25. The van der Waals surface area contributed by atoms with E-state index in [-0.39, 0.29) is 6.42 Å². The maximum absolute atomic E-state index is 10.7. The van der Waals surface area contributed by atoms with Crippen molar-refractivity contribution < 1.29 is 19.4 Å². The minimum Gasteiger partial charge on any atom is -0.480 e. The molecule has 0 saturated heterocycles. The maximum Gasteiger partial charge on any atom is 0.320 e. The first kappa shape index (κ1) is 10.9. The Balaban J connectivity index is 3.94. The van der Waals surface area contributed by atoms with E-state index >= 15 is 0 Å². The quantitative estimate of drug-likeness (QED) is 0.567. The highest BCUT2D eigenvalue weighted by atomic mass is 16.5. The first-order valence-electron chi connectivity index (χ1n) is 3.54. The summed E-state index contributed by atoms with van der Waals surface area (Å²) in [5.41, 5.74) is 5.26. The summed E-state index contributed by atoms with van der Waals surface area (Å²) in [6.45, 7) is 1.59. The molecule has 0 aliphatic heterocycles. The van der Waals surface area contributed by atoms with E-state index in [4.69, 9.17) is 10.8 Å². The third-order valence-corrected chi connectivity index (χ3v) is 1.61. The largest absolute Gasteiger partial charge is 0.480 e. The van der Waals surface area contributed by atoms with Crippen molar-refractivity contribution in [3.05, 3.63) is 0 Å². The molecule has 0 aromatic carbocycles. The van der Waals surface area contributed by atoms with Crippen LogP contribution in [0.3, 0.4) is 0 Å². The lowest BCUT2D eigenvalue weighted by molar-refractivity contribution is -0.143. The fourth-order valence-electron chi connectivity index (χ4n) is 0.717. The Morgan fingerprint density at radius 2 is 2.08 bits per heavy atom. The molecular formula is C7H13NO4. The topological polar surface area (TPSA) is 89.6 Å². The molecule has 0 aromatic heterocycles. The zero-order chi connectivity index (χ0) is 9.72. The summed E-state index contributed by atoms with van der Waals surface area (Å²) in [4.78, 5) is 21.0. The van der Waals surface area contributed by atoms with Crippen molar-refractivity contribution in [2.75, 3.05) is 7.11 Å². The molecule has 0 rings (SSSR count). The number of hydrogen-bond acceptors (Lipinski definition) is 4. The molecule has 0 saturated carbocycles. The van der Waals surface area contributed by atoms with Gasteiger partial charge >= 0.3 is 11.9 Å². The van der Waals surface area contributed by atoms with E-state index in [1.54, 1.807) is 6.92 Å². The minimum atomic E-state index is -1.11. The standard InChI is InChI=1S/C7H13NO4/c1-4(3-5(9)12-2)6(8)7(10)11/h4,6H,3,8H2,1-2H3,(H,10,11). The van der Waals surface area contributed by atoms with Crippen molar-refractivity contribution in [3.8, 4) is 0 Å². The van der Waals surface area contributed by atoms with E-state index in [0.717, 1.165) is 0 Å². The van der Waals surface area contributed by atoms with Crippen LogP contribution in [0.4, 0.5) is 0 Å². The Labute approximate surface area is 70.5 Å². The number of rotatable bonds is 4. The number of hydrogen-bond donors (Lipinski definition) is 2. The van der Waals surface area contributed by atoms with Crippen LogP contribution in [0.1, 0.15) is 13.3 Å². The van der Waals surface area contributed by atoms with Gasteiger partial charge in [-0.05, 0) is 5.92 Å². The summed E-state index contributed by atoms with van der Waals surface area (Å²) in [6, 6.07) is -1.01. The minimum absolute atomic E-state index is 0.0317. The van der Waals surface area contributed by atoms with Crippen molar-refractivity contribution in [1.29, 1.82) is 0 Å². The number of nitrogens with two attached hydrogens (primary N) is 1. The number of carboxylic acid groups (broad SMARTS) is 1. The highest BCUT2D eigenvalue weighted by Crippen LogP contribution is 2.07. The van der Waals surface area contributed by atoms with E-state index < -0.39 is 23.9 Å². The van der Waals surface area contributed by atoms with Crippen LogP contribution in [-0.2, 0) is 14.3 Å². The number of carbonyl (C=O) groups is 2. The van der Waals surface area contributed by atoms with Crippen LogP contribution in [0.25, 0.3) is 0 Å². The Kier molecular flexibility index (Phi) is 4.28. The predicted molar refractivity (Wildman–Crippen MR) is 41.4 cm³/mol. The molecule has 0 fully saturated rings. The Morgan fingerprint density at radius 1 is 1.58 bits per heavy atom. The molecule has 0 aliphatic carbocycles. The van der Waals surface area contributed by atoms with Crippen molar-refractivity contribution in [2.45, 2.75) is 19.4 Å². The number of aliphatic carboxylic acids is 1. The highest BCUT2D eigenvalue weighted by molar-refractivity contribution is 5.75. The van der Waals surface area contributed by atoms with Gasteiger partial charge in [-0.3, -0.25) is 9.59 Å². The van der Waals surface area contributed by atoms with Crippen LogP contribution in [0.2, 0.25) is 0 Å². The molecule has 0 spiro atoms. The van der Waals surface area contributed by atoms with Gasteiger partial charge in [0.25, 0.3) is 0 Å². The van der Waals surface area contributed by atoms with Crippen LogP contribution in [-0.4, -0.2) is 30.2 Å². The van der Waals surface area contributed by atoms with Gasteiger partial charge < -0.3 is 15.6 Å². The monoisotopic (exact) mass is 175 g/mol. The van der Waals surface area contributed by atoms with E-state index in [1.807, 2.05) is 0 Å². The van der Waals surface area contributed by atoms with E-state index in [1.165, 1.54) is 7.11 Å². The van der Waals surface area contributed by atoms with Gasteiger partial charge in [0.15, 0.2) is 0 Å². The van der Waals surface area contributed by atoms with Crippen LogP contribution in [0, 0.1) is 5.92 Å². The van der Waals surface area contributed by atoms with Gasteiger partial charge in [0.2, 0.25) is 0 Å². The second-order valence-electron chi connectivity index (χ2n) is 2.62. The van der Waals surface area contributed by atoms with Crippen LogP contribution in [0.5, 0.6) is 0 Å². The summed E-state index contributed by atoms with van der Waals surface area (Å²) >= 11 is 0. The molecular weight excluding hydrogens is 162 g/mol. The average molecular weight is 175 g/mol. The predicted octanol–water partition coefficient (Wildman–Crippen LogP) is -0.402. The van der Waals surface area contributed by atoms with Gasteiger partial charge in [-0.2, -0.15) is 0 Å². The molecule has 12 heavy (non-hydrogen) atoms. The molecule has 0 radical (unpaired) electrons. The average Bonchev–Trinajstić information content (AvgIpc) is 2.02. The Morgan fingerprint density at radius 3 is 2.42 bits per heavy atom. The number of ether oxygens (including phenoxy) is 1. The number of carboxylic acids is 1. The highest BCUT2D eigenvalue weighted by Gasteiger charge is 2.22. The lowest BCUT2D eigenvalue weighted by Gasteiger charge is -2.13. The number of esters is 1. The first-order chi connectivity index (χ1) is 5.49. The number of carbonyl (C=O) groups excluding carboxylic acids is 1. The van der Waals surface area contributed by atoms with Gasteiger partial charge in [0.05, 0.1) is 13.5 Å². The summed E-state index contributed by atoms with van der Waals surface area (Å²) < 4.78 is 4.36. The van der Waals surface area contributed by atoms with E-state index in [9.17, 15) is 9.59 Å². The Hall–Kier alpha value is -1.10. The molecule has 0 bridgehead atoms. The third-order valence-electron chi connectivity index (χ3n) is 1.61. The fourth-order valence-corrected chi connectivity index (χ4v) is 0.717. The van der Waals surface area contributed by atoms with Crippen molar-refractivity contribution >= 4 is 11.9 Å². The zero-order valence-corrected chi connectivity index (χ0v) is 7.11. The van der Waals surface area contributed by atoms with E-state index in [0.29, 0.717) is 0 Å². The molecule has 0 heterocycles. The molecule has 5 heteroatoms. The summed E-state index contributed by atoms with van der Waals surface area (Å²) in [5, 5.41) is 8.46. The molecule has 0 amide bonds. The van der Waals surface area contributed by atoms with Crippen LogP contribution < -0.4 is 5.73 Å².